The van der Waals surface area contributed by atoms with Crippen molar-refractivity contribution < 1.29 is 4.52 Å². The average Bonchev–Trinajstić information content (AvgIpc) is 2.86. The Kier molecular flexibility index (Phi) is 3.05. The molecule has 3 nitrogen and oxygen atoms in total. The van der Waals surface area contributed by atoms with Gasteiger partial charge in [-0.05, 0) is 29.9 Å². The summed E-state index contributed by atoms with van der Waals surface area (Å²) in [6.07, 6.45) is 8.39. The molecule has 0 unspecified atom stereocenters. The van der Waals surface area contributed by atoms with Gasteiger partial charge in [0.25, 0.3) is 0 Å². The summed E-state index contributed by atoms with van der Waals surface area (Å²) in [5, 5.41) is 3.74. The zero-order valence-electron chi connectivity index (χ0n) is 10.4. The number of aromatic nitrogens is 1. The summed E-state index contributed by atoms with van der Waals surface area (Å²) in [5.74, 6) is 1.11. The number of nitrogen functional groups attached to an aromatic ring is 1. The van der Waals surface area contributed by atoms with Crippen LogP contribution >= 0.6 is 0 Å². The van der Waals surface area contributed by atoms with E-state index in [4.69, 9.17) is 10.3 Å². The quantitative estimate of drug-likeness (QED) is 0.866. The lowest BCUT2D eigenvalue weighted by atomic mass is 9.83. The van der Waals surface area contributed by atoms with Crippen molar-refractivity contribution in [3.8, 4) is 11.1 Å². The van der Waals surface area contributed by atoms with E-state index >= 15 is 0 Å². The first-order chi connectivity index (χ1) is 8.84. The van der Waals surface area contributed by atoms with Crippen molar-refractivity contribution in [2.45, 2.75) is 38.0 Å². The van der Waals surface area contributed by atoms with Crippen LogP contribution in [-0.4, -0.2) is 5.16 Å². The predicted molar refractivity (Wildman–Crippen MR) is 72.2 cm³/mol. The number of nitrogens with zero attached hydrogens (tertiary/aromatic N) is 1. The topological polar surface area (TPSA) is 52.0 Å². The smallest absolute Gasteiger partial charge is 0.229 e. The summed E-state index contributed by atoms with van der Waals surface area (Å²) in [4.78, 5) is 0. The Balaban J connectivity index is 1.91. The minimum absolute atomic E-state index is 0.399. The van der Waals surface area contributed by atoms with Gasteiger partial charge in [-0.2, -0.15) is 0 Å². The molecule has 1 fully saturated rings. The molecule has 1 aliphatic carbocycles. The minimum Gasteiger partial charge on any atom is -0.367 e. The van der Waals surface area contributed by atoms with E-state index in [0.29, 0.717) is 11.8 Å². The predicted octanol–water partition coefficient (Wildman–Crippen LogP) is 3.97. The highest BCUT2D eigenvalue weighted by atomic mass is 16.5. The van der Waals surface area contributed by atoms with E-state index in [1.807, 2.05) is 0 Å². The fourth-order valence-electron chi connectivity index (χ4n) is 2.86. The molecule has 0 amide bonds. The average molecular weight is 242 g/mol. The molecule has 94 valence electrons. The Morgan fingerprint density at radius 3 is 2.72 bits per heavy atom. The summed E-state index contributed by atoms with van der Waals surface area (Å²) < 4.78 is 4.93. The lowest BCUT2D eigenvalue weighted by Crippen LogP contribution is -2.04. The number of anilines is 1. The third kappa shape index (κ3) is 2.13. The normalized spacial score (nSPS) is 16.9. The van der Waals surface area contributed by atoms with Gasteiger partial charge in [-0.3, -0.25) is 0 Å². The molecule has 1 saturated carbocycles. The van der Waals surface area contributed by atoms with Crippen LogP contribution in [0.5, 0.6) is 0 Å². The highest BCUT2D eigenvalue weighted by Gasteiger charge is 2.16. The second-order valence-corrected chi connectivity index (χ2v) is 5.06. The Morgan fingerprint density at radius 1 is 1.17 bits per heavy atom. The first-order valence-electron chi connectivity index (χ1n) is 6.65. The van der Waals surface area contributed by atoms with E-state index < -0.39 is 0 Å². The van der Waals surface area contributed by atoms with E-state index in [-0.39, 0.29) is 0 Å². The SMILES string of the molecule is Nc1oncc1-c1cccc(C2CCCCC2)c1. The molecule has 0 radical (unpaired) electrons. The van der Waals surface area contributed by atoms with Crippen LogP contribution < -0.4 is 5.73 Å². The molecule has 0 spiro atoms. The van der Waals surface area contributed by atoms with E-state index in [0.717, 1.165) is 11.1 Å². The highest BCUT2D eigenvalue weighted by Crippen LogP contribution is 2.35. The van der Waals surface area contributed by atoms with Gasteiger partial charge >= 0.3 is 0 Å². The fraction of sp³-hybridized carbons (Fsp3) is 0.400. The minimum atomic E-state index is 0.399. The maximum atomic E-state index is 5.77. The van der Waals surface area contributed by atoms with Gasteiger partial charge in [0.1, 0.15) is 0 Å². The van der Waals surface area contributed by atoms with Gasteiger partial charge in [0.05, 0.1) is 11.8 Å². The van der Waals surface area contributed by atoms with Crippen molar-refractivity contribution in [3.05, 3.63) is 36.0 Å². The summed E-state index contributed by atoms with van der Waals surface area (Å²) in [6, 6.07) is 8.63. The Hall–Kier alpha value is -1.77. The van der Waals surface area contributed by atoms with Crippen LogP contribution in [0.15, 0.2) is 35.0 Å². The molecule has 18 heavy (non-hydrogen) atoms. The first-order valence-corrected chi connectivity index (χ1v) is 6.65. The number of hydrogen-bond acceptors (Lipinski definition) is 3. The second kappa shape index (κ2) is 4.84. The second-order valence-electron chi connectivity index (χ2n) is 5.06. The molecule has 1 aromatic heterocycles. The fourth-order valence-corrected chi connectivity index (χ4v) is 2.86. The van der Waals surface area contributed by atoms with Crippen LogP contribution in [0.3, 0.4) is 0 Å². The Bertz CT molecular complexity index is 527. The molecule has 0 atom stereocenters. The molecule has 2 N–H and O–H groups in total. The van der Waals surface area contributed by atoms with Crippen LogP contribution in [0.1, 0.15) is 43.6 Å². The van der Waals surface area contributed by atoms with E-state index in [1.165, 1.54) is 37.7 Å². The van der Waals surface area contributed by atoms with Gasteiger partial charge in [0.2, 0.25) is 5.88 Å². The molecule has 1 aromatic carbocycles. The van der Waals surface area contributed by atoms with Gasteiger partial charge in [-0.25, -0.2) is 0 Å². The van der Waals surface area contributed by atoms with Gasteiger partial charge in [0.15, 0.2) is 0 Å². The molecule has 1 aliphatic rings. The Morgan fingerprint density at radius 2 is 2.00 bits per heavy atom. The third-order valence-electron chi connectivity index (χ3n) is 3.87. The van der Waals surface area contributed by atoms with E-state index in [2.05, 4.69) is 29.4 Å². The van der Waals surface area contributed by atoms with Gasteiger partial charge in [-0.1, -0.05) is 48.7 Å². The lowest BCUT2D eigenvalue weighted by molar-refractivity contribution is 0.436. The highest BCUT2D eigenvalue weighted by molar-refractivity contribution is 5.72. The maximum Gasteiger partial charge on any atom is 0.229 e. The van der Waals surface area contributed by atoms with Gasteiger partial charge < -0.3 is 10.3 Å². The van der Waals surface area contributed by atoms with Crippen molar-refractivity contribution in [2.75, 3.05) is 5.73 Å². The molecule has 0 saturated heterocycles. The van der Waals surface area contributed by atoms with Crippen molar-refractivity contribution in [1.82, 2.24) is 5.16 Å². The summed E-state index contributed by atoms with van der Waals surface area (Å²) in [7, 11) is 0. The number of rotatable bonds is 2. The molecule has 3 rings (SSSR count). The lowest BCUT2D eigenvalue weighted by Gasteiger charge is -2.22. The zero-order valence-corrected chi connectivity index (χ0v) is 10.4. The standard InChI is InChI=1S/C15H18N2O/c16-15-14(10-17-18-15)13-8-4-7-12(9-13)11-5-2-1-3-6-11/h4,7-11H,1-3,5-6,16H2. The number of benzene rings is 1. The van der Waals surface area contributed by atoms with Crippen molar-refractivity contribution in [1.29, 1.82) is 0 Å². The van der Waals surface area contributed by atoms with Crippen molar-refractivity contribution in [3.63, 3.8) is 0 Å². The largest absolute Gasteiger partial charge is 0.367 e. The van der Waals surface area contributed by atoms with Crippen molar-refractivity contribution in [2.24, 2.45) is 0 Å². The molecule has 2 aromatic rings. The van der Waals surface area contributed by atoms with Crippen molar-refractivity contribution >= 4 is 5.88 Å². The van der Waals surface area contributed by atoms with Gasteiger partial charge in [0, 0.05) is 0 Å². The number of nitrogens with two attached hydrogens (primary N) is 1. The number of hydrogen-bond donors (Lipinski definition) is 1. The molecular formula is C15H18N2O. The third-order valence-corrected chi connectivity index (χ3v) is 3.87. The van der Waals surface area contributed by atoms with Gasteiger partial charge in [-0.15, -0.1) is 0 Å². The molecule has 0 aliphatic heterocycles. The zero-order chi connectivity index (χ0) is 12.4. The summed E-state index contributed by atoms with van der Waals surface area (Å²) in [6.45, 7) is 0. The molecule has 3 heteroatoms. The monoisotopic (exact) mass is 242 g/mol. The van der Waals surface area contributed by atoms with Crippen LogP contribution in [0.4, 0.5) is 5.88 Å². The Labute approximate surface area is 107 Å². The molecule has 1 heterocycles. The summed E-state index contributed by atoms with van der Waals surface area (Å²) >= 11 is 0. The van der Waals surface area contributed by atoms with E-state index in [1.54, 1.807) is 6.20 Å². The van der Waals surface area contributed by atoms with Crippen LogP contribution in [0.25, 0.3) is 11.1 Å². The molecular weight excluding hydrogens is 224 g/mol. The van der Waals surface area contributed by atoms with Crippen LogP contribution in [-0.2, 0) is 0 Å². The van der Waals surface area contributed by atoms with E-state index in [9.17, 15) is 0 Å². The maximum absolute atomic E-state index is 5.77. The summed E-state index contributed by atoms with van der Waals surface area (Å²) in [5.41, 5.74) is 9.20. The van der Waals surface area contributed by atoms with Crippen LogP contribution in [0.2, 0.25) is 0 Å². The first kappa shape index (κ1) is 11.3. The molecule has 0 bridgehead atoms. The van der Waals surface area contributed by atoms with Crippen LogP contribution in [0, 0.1) is 0 Å².